The van der Waals surface area contributed by atoms with Gasteiger partial charge >= 0.3 is 0 Å². The highest BCUT2D eigenvalue weighted by molar-refractivity contribution is 6.31. The van der Waals surface area contributed by atoms with E-state index in [0.29, 0.717) is 16.8 Å². The summed E-state index contributed by atoms with van der Waals surface area (Å²) in [5.41, 5.74) is 1.12. The van der Waals surface area contributed by atoms with E-state index < -0.39 is 23.7 Å². The van der Waals surface area contributed by atoms with Crippen LogP contribution in [0.25, 0.3) is 0 Å². The van der Waals surface area contributed by atoms with E-state index in [4.69, 9.17) is 11.6 Å². The Kier molecular flexibility index (Phi) is 5.42. The van der Waals surface area contributed by atoms with E-state index in [-0.39, 0.29) is 22.9 Å². The van der Waals surface area contributed by atoms with Gasteiger partial charge in [-0.1, -0.05) is 59.6 Å². The Morgan fingerprint density at radius 3 is 2.55 bits per heavy atom. The smallest absolute Gasteiger partial charge is 0.264 e. The first-order chi connectivity index (χ1) is 14.7. The molecule has 6 heteroatoms. The lowest BCUT2D eigenvalue weighted by atomic mass is 9.87. The zero-order valence-electron chi connectivity index (χ0n) is 17.2. The second-order valence-electron chi connectivity index (χ2n) is 7.89. The fraction of sp³-hybridized carbons (Fsp3) is 0.200. The van der Waals surface area contributed by atoms with Crippen LogP contribution in [0, 0.1) is 19.7 Å². The molecule has 0 bridgehead atoms. The standard InChI is InChI=1S/C25H21ClFNO3/c1-15-10-11-17(16(2)12-15)23(29)13-25(31)19-6-3-4-9-22(19)28(24(25)30)14-18-20(26)7-5-8-21(18)27/h3-12,31H,13-14H2,1-2H3. The number of ketones is 1. The third-order valence-corrected chi connectivity index (χ3v) is 6.07. The molecule has 0 aromatic heterocycles. The maximum atomic E-state index is 14.4. The molecule has 0 radical (unpaired) electrons. The van der Waals surface area contributed by atoms with Gasteiger partial charge in [0.15, 0.2) is 11.4 Å². The van der Waals surface area contributed by atoms with Crippen LogP contribution in [0.3, 0.4) is 0 Å². The van der Waals surface area contributed by atoms with E-state index in [9.17, 15) is 19.1 Å². The molecule has 3 aromatic rings. The molecule has 0 aliphatic carbocycles. The number of carbonyl (C=O) groups is 2. The molecule has 1 amide bonds. The number of hydrogen-bond acceptors (Lipinski definition) is 3. The van der Waals surface area contributed by atoms with Crippen molar-refractivity contribution in [2.75, 3.05) is 4.90 Å². The minimum Gasteiger partial charge on any atom is -0.375 e. The van der Waals surface area contributed by atoms with Gasteiger partial charge in [-0.2, -0.15) is 0 Å². The first-order valence-electron chi connectivity index (χ1n) is 9.89. The van der Waals surface area contributed by atoms with E-state index in [1.165, 1.54) is 17.0 Å². The van der Waals surface area contributed by atoms with Crippen molar-refractivity contribution in [3.8, 4) is 0 Å². The van der Waals surface area contributed by atoms with Crippen LogP contribution in [0.15, 0.2) is 60.7 Å². The maximum Gasteiger partial charge on any atom is 0.264 e. The second-order valence-corrected chi connectivity index (χ2v) is 8.29. The Hall–Kier alpha value is -3.02. The quantitative estimate of drug-likeness (QED) is 0.565. The number of rotatable bonds is 5. The third-order valence-electron chi connectivity index (χ3n) is 5.72. The molecule has 1 aliphatic rings. The van der Waals surface area contributed by atoms with Gasteiger partial charge in [-0.15, -0.1) is 0 Å². The molecule has 1 N–H and O–H groups in total. The predicted octanol–water partition coefficient (Wildman–Crippen LogP) is 5.10. The molecule has 0 saturated carbocycles. The van der Waals surface area contributed by atoms with Crippen molar-refractivity contribution in [1.29, 1.82) is 0 Å². The number of hydrogen-bond donors (Lipinski definition) is 1. The van der Waals surface area contributed by atoms with Crippen molar-refractivity contribution in [3.05, 3.63) is 99.3 Å². The Morgan fingerprint density at radius 2 is 1.84 bits per heavy atom. The fourth-order valence-corrected chi connectivity index (χ4v) is 4.35. The van der Waals surface area contributed by atoms with Crippen LogP contribution < -0.4 is 4.90 Å². The zero-order chi connectivity index (χ0) is 22.3. The van der Waals surface area contributed by atoms with Gasteiger partial charge < -0.3 is 10.0 Å². The average molecular weight is 438 g/mol. The Bertz CT molecular complexity index is 1190. The third kappa shape index (κ3) is 3.64. The number of aryl methyl sites for hydroxylation is 2. The summed E-state index contributed by atoms with van der Waals surface area (Å²) in [5, 5.41) is 11.6. The van der Waals surface area contributed by atoms with E-state index in [0.717, 1.165) is 11.1 Å². The fourth-order valence-electron chi connectivity index (χ4n) is 4.13. The van der Waals surface area contributed by atoms with Gasteiger partial charge in [0.1, 0.15) is 5.82 Å². The van der Waals surface area contributed by atoms with E-state index in [2.05, 4.69) is 0 Å². The number of carbonyl (C=O) groups excluding carboxylic acids is 2. The van der Waals surface area contributed by atoms with Crippen molar-refractivity contribution in [3.63, 3.8) is 0 Å². The van der Waals surface area contributed by atoms with Crippen LogP contribution in [-0.2, 0) is 16.9 Å². The lowest BCUT2D eigenvalue weighted by Crippen LogP contribution is -2.41. The molecule has 1 atom stereocenters. The monoisotopic (exact) mass is 437 g/mol. The first kappa shape index (κ1) is 21.2. The van der Waals surface area contributed by atoms with Crippen LogP contribution in [0.1, 0.15) is 39.0 Å². The van der Waals surface area contributed by atoms with Crippen LogP contribution >= 0.6 is 11.6 Å². The molecule has 4 nitrogen and oxygen atoms in total. The molecule has 1 aliphatic heterocycles. The largest absolute Gasteiger partial charge is 0.375 e. The average Bonchev–Trinajstić information content (AvgIpc) is 2.92. The SMILES string of the molecule is Cc1ccc(C(=O)CC2(O)C(=O)N(Cc3c(F)cccc3Cl)c3ccccc32)c(C)c1. The number of aliphatic hydroxyl groups is 1. The van der Waals surface area contributed by atoms with Gasteiger partial charge in [-0.3, -0.25) is 9.59 Å². The maximum absolute atomic E-state index is 14.4. The van der Waals surface area contributed by atoms with Gasteiger partial charge in [0.05, 0.1) is 18.7 Å². The summed E-state index contributed by atoms with van der Waals surface area (Å²) in [6, 6.07) is 16.4. The summed E-state index contributed by atoms with van der Waals surface area (Å²) >= 11 is 6.15. The van der Waals surface area contributed by atoms with Gasteiger partial charge in [0.25, 0.3) is 5.91 Å². The number of para-hydroxylation sites is 1. The van der Waals surface area contributed by atoms with E-state index >= 15 is 0 Å². The summed E-state index contributed by atoms with van der Waals surface area (Å²) in [4.78, 5) is 27.7. The Morgan fingerprint density at radius 1 is 1.10 bits per heavy atom. The highest BCUT2D eigenvalue weighted by Crippen LogP contribution is 2.44. The van der Waals surface area contributed by atoms with Crippen molar-refractivity contribution >= 4 is 29.0 Å². The number of fused-ring (bicyclic) bond motifs is 1. The van der Waals surface area contributed by atoms with Crippen molar-refractivity contribution < 1.29 is 19.1 Å². The molecule has 0 spiro atoms. The van der Waals surface area contributed by atoms with Crippen LogP contribution in [0.5, 0.6) is 0 Å². The first-order valence-corrected chi connectivity index (χ1v) is 10.3. The molecular weight excluding hydrogens is 417 g/mol. The lowest BCUT2D eigenvalue weighted by molar-refractivity contribution is -0.136. The number of Topliss-reactive ketones (excluding diaryl/α,β-unsaturated/α-hetero) is 1. The summed E-state index contributed by atoms with van der Waals surface area (Å²) in [5.74, 6) is -1.56. The van der Waals surface area contributed by atoms with E-state index in [1.54, 1.807) is 36.4 Å². The highest BCUT2D eigenvalue weighted by atomic mass is 35.5. The summed E-state index contributed by atoms with van der Waals surface area (Å²) in [6.07, 6.45) is -0.408. The van der Waals surface area contributed by atoms with Crippen molar-refractivity contribution in [1.82, 2.24) is 0 Å². The molecule has 1 unspecified atom stereocenters. The minimum absolute atomic E-state index is 0.150. The molecule has 3 aromatic carbocycles. The highest BCUT2D eigenvalue weighted by Gasteiger charge is 2.51. The number of nitrogens with zero attached hydrogens (tertiary/aromatic N) is 1. The number of halogens is 2. The molecule has 31 heavy (non-hydrogen) atoms. The molecule has 0 fully saturated rings. The lowest BCUT2D eigenvalue weighted by Gasteiger charge is -2.23. The Balaban J connectivity index is 1.72. The summed E-state index contributed by atoms with van der Waals surface area (Å²) < 4.78 is 14.4. The van der Waals surface area contributed by atoms with Gasteiger partial charge in [0, 0.05) is 21.7 Å². The number of benzene rings is 3. The molecule has 158 valence electrons. The van der Waals surface area contributed by atoms with E-state index in [1.807, 2.05) is 26.0 Å². The topological polar surface area (TPSA) is 57.6 Å². The second kappa shape index (κ2) is 7.91. The summed E-state index contributed by atoms with van der Waals surface area (Å²) in [7, 11) is 0. The van der Waals surface area contributed by atoms with Gasteiger partial charge in [0.2, 0.25) is 0 Å². The Labute approximate surface area is 184 Å². The number of amides is 1. The number of anilines is 1. The van der Waals surface area contributed by atoms with Gasteiger partial charge in [-0.25, -0.2) is 4.39 Å². The predicted molar refractivity (Wildman–Crippen MR) is 118 cm³/mol. The van der Waals surface area contributed by atoms with Crippen LogP contribution in [0.2, 0.25) is 5.02 Å². The van der Waals surface area contributed by atoms with Gasteiger partial charge in [-0.05, 0) is 37.6 Å². The zero-order valence-corrected chi connectivity index (χ0v) is 17.9. The van der Waals surface area contributed by atoms with Crippen LogP contribution in [-0.4, -0.2) is 16.8 Å². The van der Waals surface area contributed by atoms with Crippen molar-refractivity contribution in [2.45, 2.75) is 32.4 Å². The van der Waals surface area contributed by atoms with Crippen molar-refractivity contribution in [2.24, 2.45) is 0 Å². The molecule has 0 saturated heterocycles. The summed E-state index contributed by atoms with van der Waals surface area (Å²) in [6.45, 7) is 3.60. The molecule has 4 rings (SSSR count). The molecular formula is C25H21ClFNO3. The van der Waals surface area contributed by atoms with Crippen LogP contribution in [0.4, 0.5) is 10.1 Å². The normalized spacial score (nSPS) is 17.7. The molecule has 1 heterocycles. The minimum atomic E-state index is -2.04.